The van der Waals surface area contributed by atoms with E-state index in [1.165, 1.54) is 12.1 Å². The summed E-state index contributed by atoms with van der Waals surface area (Å²) >= 11 is 1.16. The highest BCUT2D eigenvalue weighted by molar-refractivity contribution is 7.99. The van der Waals surface area contributed by atoms with Gasteiger partial charge in [-0.2, -0.15) is 0 Å². The zero-order valence-corrected chi connectivity index (χ0v) is 20.5. The van der Waals surface area contributed by atoms with Gasteiger partial charge >= 0.3 is 0 Å². The second-order valence-corrected chi connectivity index (χ2v) is 9.21. The maximum atomic E-state index is 13.5. The van der Waals surface area contributed by atoms with Crippen LogP contribution in [0.1, 0.15) is 10.4 Å². The Bertz CT molecular complexity index is 1370. The van der Waals surface area contributed by atoms with E-state index in [4.69, 9.17) is 4.42 Å². The molecule has 1 saturated heterocycles. The third-order valence-electron chi connectivity index (χ3n) is 5.80. The number of aromatic nitrogens is 3. The van der Waals surface area contributed by atoms with Crippen LogP contribution in [0.4, 0.5) is 15.8 Å². The summed E-state index contributed by atoms with van der Waals surface area (Å²) in [6, 6.07) is 16.9. The lowest BCUT2D eigenvalue weighted by molar-refractivity contribution is -0.113. The molecule has 0 aliphatic carbocycles. The smallest absolute Gasteiger partial charge is 0.277 e. The molecule has 2 aromatic carbocycles. The first-order valence-electron chi connectivity index (χ1n) is 11.6. The Balaban J connectivity index is 1.09. The number of amides is 2. The molecular formula is C26H23FN6O3S. The molecule has 4 aromatic rings. The van der Waals surface area contributed by atoms with Gasteiger partial charge in [0, 0.05) is 55.5 Å². The Morgan fingerprint density at radius 3 is 2.54 bits per heavy atom. The lowest BCUT2D eigenvalue weighted by Gasteiger charge is -2.36. The van der Waals surface area contributed by atoms with E-state index in [0.717, 1.165) is 17.4 Å². The Hall–Kier alpha value is -4.25. The number of anilines is 2. The number of hydrogen-bond acceptors (Lipinski definition) is 8. The third kappa shape index (κ3) is 6.12. The minimum absolute atomic E-state index is 0.123. The molecule has 37 heavy (non-hydrogen) atoms. The predicted molar refractivity (Wildman–Crippen MR) is 138 cm³/mol. The molecule has 188 valence electrons. The summed E-state index contributed by atoms with van der Waals surface area (Å²) in [7, 11) is 0. The molecule has 2 amide bonds. The van der Waals surface area contributed by atoms with E-state index < -0.39 is 5.82 Å². The fraction of sp³-hybridized carbons (Fsp3) is 0.192. The maximum absolute atomic E-state index is 13.5. The fourth-order valence-electron chi connectivity index (χ4n) is 3.93. The second-order valence-electron chi connectivity index (χ2n) is 8.29. The predicted octanol–water partition coefficient (Wildman–Crippen LogP) is 3.96. The van der Waals surface area contributed by atoms with Crippen molar-refractivity contribution < 1.29 is 18.4 Å². The quantitative estimate of drug-likeness (QED) is 0.367. The van der Waals surface area contributed by atoms with Crippen molar-refractivity contribution >= 4 is 35.0 Å². The van der Waals surface area contributed by atoms with Crippen molar-refractivity contribution in [2.45, 2.75) is 5.22 Å². The number of rotatable bonds is 7. The number of carbonyl (C=O) groups excluding carboxylic acids is 2. The van der Waals surface area contributed by atoms with Crippen molar-refractivity contribution in [3.05, 3.63) is 84.4 Å². The van der Waals surface area contributed by atoms with Gasteiger partial charge in [0.15, 0.2) is 0 Å². The van der Waals surface area contributed by atoms with E-state index in [1.54, 1.807) is 35.5 Å². The van der Waals surface area contributed by atoms with Crippen LogP contribution in [0.2, 0.25) is 0 Å². The SMILES string of the molecule is O=C(CSc1nnc(-c2cccnc2)o1)Nc1ccc(N2CCN(C(=O)c3cccc(F)c3)CC2)cc1. The number of pyridine rings is 1. The van der Waals surface area contributed by atoms with Crippen molar-refractivity contribution in [1.82, 2.24) is 20.1 Å². The summed E-state index contributed by atoms with van der Waals surface area (Å²) in [6.45, 7) is 2.41. The van der Waals surface area contributed by atoms with E-state index in [0.29, 0.717) is 54.1 Å². The number of benzene rings is 2. The molecule has 0 bridgehead atoms. The van der Waals surface area contributed by atoms with E-state index >= 15 is 0 Å². The average Bonchev–Trinajstić information content (AvgIpc) is 3.42. The van der Waals surface area contributed by atoms with Crippen LogP contribution in [0.3, 0.4) is 0 Å². The molecule has 1 aliphatic rings. The Morgan fingerprint density at radius 1 is 1.00 bits per heavy atom. The van der Waals surface area contributed by atoms with Gasteiger partial charge in [-0.25, -0.2) is 4.39 Å². The second kappa shape index (κ2) is 11.2. The number of halogens is 1. The highest BCUT2D eigenvalue weighted by Gasteiger charge is 2.22. The average molecular weight is 519 g/mol. The lowest BCUT2D eigenvalue weighted by Crippen LogP contribution is -2.48. The first kappa shape index (κ1) is 24.4. The molecule has 11 heteroatoms. The molecule has 3 heterocycles. The Morgan fingerprint density at radius 2 is 1.81 bits per heavy atom. The van der Waals surface area contributed by atoms with Crippen LogP contribution in [-0.2, 0) is 4.79 Å². The standard InChI is InChI=1S/C26H23FN6O3S/c27-20-5-1-3-18(15-20)25(35)33-13-11-32(12-14-33)22-8-6-21(7-9-22)29-23(34)17-37-26-31-30-24(36-26)19-4-2-10-28-16-19/h1-10,15-16H,11-14,17H2,(H,29,34). The van der Waals surface area contributed by atoms with Gasteiger partial charge in [0.05, 0.1) is 11.3 Å². The van der Waals surface area contributed by atoms with Gasteiger partial charge in [0.1, 0.15) is 5.82 Å². The summed E-state index contributed by atoms with van der Waals surface area (Å²) in [6.07, 6.45) is 3.29. The minimum atomic E-state index is -0.417. The zero-order chi connectivity index (χ0) is 25.6. The van der Waals surface area contributed by atoms with Gasteiger partial charge < -0.3 is 19.5 Å². The number of nitrogens with zero attached hydrogens (tertiary/aromatic N) is 5. The summed E-state index contributed by atoms with van der Waals surface area (Å²) in [5.41, 5.74) is 2.75. The summed E-state index contributed by atoms with van der Waals surface area (Å²) in [4.78, 5) is 33.0. The molecule has 1 N–H and O–H groups in total. The van der Waals surface area contributed by atoms with Crippen LogP contribution >= 0.6 is 11.8 Å². The molecule has 0 spiro atoms. The van der Waals surface area contributed by atoms with Crippen molar-refractivity contribution in [3.8, 4) is 11.5 Å². The fourth-order valence-corrected chi connectivity index (χ4v) is 4.49. The number of carbonyl (C=O) groups is 2. The van der Waals surface area contributed by atoms with Gasteiger partial charge in [-0.3, -0.25) is 14.6 Å². The van der Waals surface area contributed by atoms with E-state index in [2.05, 4.69) is 25.4 Å². The largest absolute Gasteiger partial charge is 0.411 e. The molecule has 1 fully saturated rings. The van der Waals surface area contributed by atoms with Crippen LogP contribution in [0, 0.1) is 5.82 Å². The van der Waals surface area contributed by atoms with Crippen molar-refractivity contribution in [2.24, 2.45) is 0 Å². The highest BCUT2D eigenvalue weighted by Crippen LogP contribution is 2.24. The van der Waals surface area contributed by atoms with E-state index in [1.807, 2.05) is 30.3 Å². The summed E-state index contributed by atoms with van der Waals surface area (Å²) < 4.78 is 19.0. The molecule has 0 unspecified atom stereocenters. The molecule has 0 atom stereocenters. The van der Waals surface area contributed by atoms with Crippen molar-refractivity contribution in [1.29, 1.82) is 0 Å². The van der Waals surface area contributed by atoms with Gasteiger partial charge in [-0.15, -0.1) is 10.2 Å². The summed E-state index contributed by atoms with van der Waals surface area (Å²) in [5, 5.41) is 11.1. The van der Waals surface area contributed by atoms with Crippen molar-refractivity contribution in [2.75, 3.05) is 42.1 Å². The van der Waals surface area contributed by atoms with Gasteiger partial charge in [-0.1, -0.05) is 17.8 Å². The molecule has 1 aliphatic heterocycles. The van der Waals surface area contributed by atoms with Crippen molar-refractivity contribution in [3.63, 3.8) is 0 Å². The van der Waals surface area contributed by atoms with Crippen LogP contribution in [0.5, 0.6) is 0 Å². The topological polar surface area (TPSA) is 104 Å². The van der Waals surface area contributed by atoms with Crippen LogP contribution < -0.4 is 10.2 Å². The number of thioether (sulfide) groups is 1. The van der Waals surface area contributed by atoms with Gasteiger partial charge in [0.25, 0.3) is 11.1 Å². The first-order valence-corrected chi connectivity index (χ1v) is 12.6. The molecular weight excluding hydrogens is 495 g/mol. The highest BCUT2D eigenvalue weighted by atomic mass is 32.2. The van der Waals surface area contributed by atoms with Crippen LogP contribution in [0.25, 0.3) is 11.5 Å². The van der Waals surface area contributed by atoms with E-state index in [9.17, 15) is 14.0 Å². The Labute approximate surface area is 216 Å². The zero-order valence-electron chi connectivity index (χ0n) is 19.7. The monoisotopic (exact) mass is 518 g/mol. The van der Waals surface area contributed by atoms with E-state index in [-0.39, 0.29) is 17.6 Å². The molecule has 2 aromatic heterocycles. The number of piperazine rings is 1. The number of hydrogen-bond donors (Lipinski definition) is 1. The first-order chi connectivity index (χ1) is 18.0. The van der Waals surface area contributed by atoms with Gasteiger partial charge in [0.2, 0.25) is 11.8 Å². The minimum Gasteiger partial charge on any atom is -0.411 e. The normalized spacial score (nSPS) is 13.4. The summed E-state index contributed by atoms with van der Waals surface area (Å²) in [5.74, 6) is -0.296. The third-order valence-corrected chi connectivity index (χ3v) is 6.61. The number of nitrogens with one attached hydrogen (secondary N) is 1. The molecule has 9 nitrogen and oxygen atoms in total. The molecule has 5 rings (SSSR count). The van der Waals surface area contributed by atoms with Gasteiger partial charge in [-0.05, 0) is 54.6 Å². The molecule has 0 saturated carbocycles. The molecule has 0 radical (unpaired) electrons. The Kier molecular flexibility index (Phi) is 7.41. The maximum Gasteiger partial charge on any atom is 0.277 e. The lowest BCUT2D eigenvalue weighted by atomic mass is 10.1. The van der Waals surface area contributed by atoms with Crippen LogP contribution in [-0.4, -0.2) is 63.8 Å². The van der Waals surface area contributed by atoms with Crippen LogP contribution in [0.15, 0.2) is 82.7 Å².